The van der Waals surface area contributed by atoms with Crippen LogP contribution in [0.25, 0.3) is 39.0 Å². The summed E-state index contributed by atoms with van der Waals surface area (Å²) in [6, 6.07) is 29.0. The standard InChI is InChI=1S/C39H40/c1-25-32-24-28-19-14-20-31(26-15-10-8-11-16-26)34(28)36(32)35(27-17-12-9-13-18-27)37(39(5,6)7)33(25)29-21-22-30(23-29)38(2,3)4/h8-20,22-23H,21,24H2,1-7H3. The Hall–Kier alpha value is -3.64. The van der Waals surface area contributed by atoms with Gasteiger partial charge in [-0.05, 0) is 103 Å². The summed E-state index contributed by atoms with van der Waals surface area (Å²) in [4.78, 5) is 0. The molecule has 0 unspecified atom stereocenters. The first-order chi connectivity index (χ1) is 18.6. The van der Waals surface area contributed by atoms with Crippen molar-refractivity contribution in [1.29, 1.82) is 0 Å². The van der Waals surface area contributed by atoms with Gasteiger partial charge < -0.3 is 0 Å². The third-order valence-corrected chi connectivity index (χ3v) is 8.60. The highest BCUT2D eigenvalue weighted by Crippen LogP contribution is 2.55. The van der Waals surface area contributed by atoms with Crippen LogP contribution in [0.15, 0.2) is 96.6 Å². The highest BCUT2D eigenvalue weighted by Gasteiger charge is 2.36. The maximum Gasteiger partial charge on any atom is -0.00101 e. The highest BCUT2D eigenvalue weighted by molar-refractivity contribution is 6.02. The molecule has 0 fully saturated rings. The average molecular weight is 509 g/mol. The van der Waals surface area contributed by atoms with Crippen molar-refractivity contribution in [2.45, 2.75) is 66.7 Å². The van der Waals surface area contributed by atoms with Crippen molar-refractivity contribution >= 4 is 5.57 Å². The van der Waals surface area contributed by atoms with Gasteiger partial charge in [-0.25, -0.2) is 0 Å². The van der Waals surface area contributed by atoms with Crippen LogP contribution in [0.1, 0.15) is 75.8 Å². The lowest BCUT2D eigenvalue weighted by Gasteiger charge is -2.32. The lowest BCUT2D eigenvalue weighted by atomic mass is 9.72. The monoisotopic (exact) mass is 508 g/mol. The van der Waals surface area contributed by atoms with E-state index in [9.17, 15) is 0 Å². The summed E-state index contributed by atoms with van der Waals surface area (Å²) in [5.41, 5.74) is 18.6. The molecule has 4 aromatic carbocycles. The van der Waals surface area contributed by atoms with Crippen LogP contribution in [0.5, 0.6) is 0 Å². The van der Waals surface area contributed by atoms with E-state index in [0.717, 1.165) is 12.8 Å². The Labute approximate surface area is 235 Å². The van der Waals surface area contributed by atoms with E-state index in [2.05, 4.69) is 139 Å². The fraction of sp³-hybridized carbons (Fsp3) is 0.282. The molecule has 0 radical (unpaired) electrons. The number of hydrogen-bond donors (Lipinski definition) is 0. The number of fused-ring (bicyclic) bond motifs is 3. The Bertz CT molecular complexity index is 1630. The Morgan fingerprint density at radius 1 is 0.590 bits per heavy atom. The molecule has 0 saturated carbocycles. The van der Waals surface area contributed by atoms with E-state index in [-0.39, 0.29) is 10.8 Å². The number of allylic oxidation sites excluding steroid dienone is 4. The number of hydrogen-bond acceptors (Lipinski definition) is 0. The summed E-state index contributed by atoms with van der Waals surface area (Å²) in [7, 11) is 0. The van der Waals surface area contributed by atoms with Crippen molar-refractivity contribution in [3.8, 4) is 33.4 Å². The van der Waals surface area contributed by atoms with E-state index in [4.69, 9.17) is 0 Å². The van der Waals surface area contributed by atoms with Gasteiger partial charge in [0.25, 0.3) is 0 Å². The molecular formula is C39H40. The van der Waals surface area contributed by atoms with Gasteiger partial charge in [0.05, 0.1) is 0 Å². The molecular weight excluding hydrogens is 468 g/mol. The van der Waals surface area contributed by atoms with Crippen molar-refractivity contribution in [2.75, 3.05) is 0 Å². The SMILES string of the molecule is Cc1c2c(c(-c3ccccc3)c(C(C)(C)C)c1C1=CC(C(C)(C)C)=CC1)-c1c(cccc1-c1ccccc1)C2. The van der Waals surface area contributed by atoms with E-state index in [1.807, 2.05) is 0 Å². The molecule has 0 aromatic heterocycles. The molecule has 0 amide bonds. The van der Waals surface area contributed by atoms with E-state index >= 15 is 0 Å². The molecule has 196 valence electrons. The molecule has 4 aromatic rings. The first kappa shape index (κ1) is 25.6. The van der Waals surface area contributed by atoms with Crippen LogP contribution in [0.4, 0.5) is 0 Å². The Morgan fingerprint density at radius 3 is 1.82 bits per heavy atom. The molecule has 39 heavy (non-hydrogen) atoms. The maximum absolute atomic E-state index is 2.50. The lowest BCUT2D eigenvalue weighted by Crippen LogP contribution is -2.18. The molecule has 6 rings (SSSR count). The van der Waals surface area contributed by atoms with Crippen LogP contribution in [-0.4, -0.2) is 0 Å². The van der Waals surface area contributed by atoms with Crippen molar-refractivity contribution in [3.05, 3.63) is 124 Å². The second kappa shape index (κ2) is 9.23. The van der Waals surface area contributed by atoms with Gasteiger partial charge in [0, 0.05) is 0 Å². The third kappa shape index (κ3) is 4.31. The largest absolute Gasteiger partial charge is 0.0763 e. The number of benzene rings is 4. The summed E-state index contributed by atoms with van der Waals surface area (Å²) in [5, 5.41) is 0. The highest BCUT2D eigenvalue weighted by atomic mass is 14.4. The van der Waals surface area contributed by atoms with Gasteiger partial charge in [0.1, 0.15) is 0 Å². The molecule has 0 heteroatoms. The average Bonchev–Trinajstić information content (AvgIpc) is 3.55. The molecule has 2 aliphatic rings. The molecule has 0 bridgehead atoms. The van der Waals surface area contributed by atoms with Crippen molar-refractivity contribution in [1.82, 2.24) is 0 Å². The first-order valence-electron chi connectivity index (χ1n) is 14.4. The Kier molecular flexibility index (Phi) is 6.07. The normalized spacial score (nSPS) is 14.6. The zero-order chi connectivity index (χ0) is 27.5. The second-order valence-corrected chi connectivity index (χ2v) is 13.4. The van der Waals surface area contributed by atoms with Crippen LogP contribution in [0, 0.1) is 12.3 Å². The quantitative estimate of drug-likeness (QED) is 0.227. The van der Waals surface area contributed by atoms with Crippen LogP contribution in [-0.2, 0) is 11.8 Å². The van der Waals surface area contributed by atoms with Gasteiger partial charge in [0.2, 0.25) is 0 Å². The van der Waals surface area contributed by atoms with E-state index in [1.54, 1.807) is 0 Å². The Balaban J connectivity index is 1.74. The summed E-state index contributed by atoms with van der Waals surface area (Å²) >= 11 is 0. The van der Waals surface area contributed by atoms with Gasteiger partial charge in [0.15, 0.2) is 0 Å². The zero-order valence-electron chi connectivity index (χ0n) is 24.6. The zero-order valence-corrected chi connectivity index (χ0v) is 24.6. The summed E-state index contributed by atoms with van der Waals surface area (Å²) in [6.07, 6.45) is 6.95. The predicted molar refractivity (Wildman–Crippen MR) is 169 cm³/mol. The molecule has 0 aliphatic heterocycles. The van der Waals surface area contributed by atoms with Gasteiger partial charge in [-0.15, -0.1) is 0 Å². The van der Waals surface area contributed by atoms with E-state index < -0.39 is 0 Å². The fourth-order valence-electron chi connectivity index (χ4n) is 6.78. The van der Waals surface area contributed by atoms with Crippen LogP contribution in [0.2, 0.25) is 0 Å². The molecule has 0 atom stereocenters. The minimum absolute atomic E-state index is 0.0317. The number of rotatable bonds is 3. The third-order valence-electron chi connectivity index (χ3n) is 8.60. The van der Waals surface area contributed by atoms with Crippen LogP contribution in [0.3, 0.4) is 0 Å². The van der Waals surface area contributed by atoms with Gasteiger partial charge in [-0.1, -0.05) is 133 Å². The van der Waals surface area contributed by atoms with Crippen molar-refractivity contribution < 1.29 is 0 Å². The topological polar surface area (TPSA) is 0 Å². The molecule has 0 nitrogen and oxygen atoms in total. The summed E-state index contributed by atoms with van der Waals surface area (Å²) < 4.78 is 0. The predicted octanol–water partition coefficient (Wildman–Crippen LogP) is 11.0. The smallest absolute Gasteiger partial charge is 0.00101 e. The summed E-state index contributed by atoms with van der Waals surface area (Å²) in [5.74, 6) is 0. The van der Waals surface area contributed by atoms with E-state index in [1.165, 1.54) is 72.3 Å². The van der Waals surface area contributed by atoms with Crippen LogP contribution >= 0.6 is 0 Å². The molecule has 2 aliphatic carbocycles. The van der Waals surface area contributed by atoms with Gasteiger partial charge in [-0.2, -0.15) is 0 Å². The minimum atomic E-state index is -0.0317. The molecule has 0 heterocycles. The van der Waals surface area contributed by atoms with Crippen molar-refractivity contribution in [2.24, 2.45) is 5.41 Å². The summed E-state index contributed by atoms with van der Waals surface area (Å²) in [6.45, 7) is 16.6. The second-order valence-electron chi connectivity index (χ2n) is 13.4. The van der Waals surface area contributed by atoms with Gasteiger partial charge in [-0.3, -0.25) is 0 Å². The minimum Gasteiger partial charge on any atom is -0.0763 e. The Morgan fingerprint density at radius 2 is 1.23 bits per heavy atom. The van der Waals surface area contributed by atoms with E-state index in [0.29, 0.717) is 0 Å². The fourth-order valence-corrected chi connectivity index (χ4v) is 6.78. The maximum atomic E-state index is 2.50. The first-order valence-corrected chi connectivity index (χ1v) is 14.4. The van der Waals surface area contributed by atoms with Crippen molar-refractivity contribution in [3.63, 3.8) is 0 Å². The molecule has 0 N–H and O–H groups in total. The van der Waals surface area contributed by atoms with Crippen LogP contribution < -0.4 is 0 Å². The van der Waals surface area contributed by atoms with Gasteiger partial charge >= 0.3 is 0 Å². The lowest BCUT2D eigenvalue weighted by molar-refractivity contribution is 0.518. The molecule has 0 saturated heterocycles. The molecule has 0 spiro atoms.